The molecule has 1 aromatic rings. The molecule has 0 unspecified atom stereocenters. The van der Waals surface area contributed by atoms with E-state index in [1.807, 2.05) is 0 Å². The minimum absolute atomic E-state index is 0.0213. The van der Waals surface area contributed by atoms with E-state index in [9.17, 15) is 13.2 Å². The van der Waals surface area contributed by atoms with Crippen LogP contribution in [0.5, 0.6) is 0 Å². The van der Waals surface area contributed by atoms with Gasteiger partial charge in [-0.25, -0.2) is 13.2 Å². The first kappa shape index (κ1) is 14.5. The molecule has 6 heteroatoms. The molecule has 0 aliphatic rings. The summed E-state index contributed by atoms with van der Waals surface area (Å²) in [4.78, 5) is 11.0. The van der Waals surface area contributed by atoms with Gasteiger partial charge >= 0.3 is 5.97 Å². The van der Waals surface area contributed by atoms with Crippen LogP contribution in [-0.2, 0) is 16.4 Å². The Kier molecular flexibility index (Phi) is 4.72. The van der Waals surface area contributed by atoms with Crippen LogP contribution < -0.4 is 4.72 Å². The quantitative estimate of drug-likeness (QED) is 0.830. The molecule has 0 amide bonds. The second kappa shape index (κ2) is 5.86. The molecule has 0 radical (unpaired) electrons. The van der Waals surface area contributed by atoms with Crippen molar-refractivity contribution >= 4 is 21.7 Å². The van der Waals surface area contributed by atoms with Gasteiger partial charge in [-0.15, -0.1) is 0 Å². The number of sulfonamides is 1. The van der Waals surface area contributed by atoms with E-state index in [0.29, 0.717) is 24.1 Å². The fourth-order valence-electron chi connectivity index (χ4n) is 1.75. The van der Waals surface area contributed by atoms with Crippen LogP contribution in [0, 0.1) is 0 Å². The van der Waals surface area contributed by atoms with Crippen LogP contribution in [0.1, 0.15) is 36.2 Å². The number of nitrogens with one attached hydrogen (secondary N) is 1. The summed E-state index contributed by atoms with van der Waals surface area (Å²) in [7, 11) is -3.40. The SMILES string of the molecule is CCCS(=O)(=O)Nc1cccc(C(=O)O)c1CC. The van der Waals surface area contributed by atoms with Crippen LogP contribution in [0.15, 0.2) is 18.2 Å². The molecule has 0 spiro atoms. The lowest BCUT2D eigenvalue weighted by atomic mass is 10.0. The number of hydrogen-bond donors (Lipinski definition) is 2. The van der Waals surface area contributed by atoms with Crippen molar-refractivity contribution in [3.8, 4) is 0 Å². The average molecular weight is 271 g/mol. The standard InChI is InChI=1S/C12H17NO4S/c1-3-8-18(16,17)13-11-7-5-6-10(12(14)15)9(11)4-2/h5-7,13H,3-4,8H2,1-2H3,(H,14,15). The Hall–Kier alpha value is -1.56. The Morgan fingerprint density at radius 3 is 2.50 bits per heavy atom. The number of carboxylic acid groups (broad SMARTS) is 1. The van der Waals surface area contributed by atoms with Gasteiger partial charge < -0.3 is 5.11 Å². The molecule has 0 saturated heterocycles. The highest BCUT2D eigenvalue weighted by atomic mass is 32.2. The van der Waals surface area contributed by atoms with Crippen molar-refractivity contribution in [2.24, 2.45) is 0 Å². The van der Waals surface area contributed by atoms with Crippen LogP contribution in [-0.4, -0.2) is 25.2 Å². The molecule has 0 bridgehead atoms. The third-order valence-electron chi connectivity index (χ3n) is 2.50. The van der Waals surface area contributed by atoms with Crippen molar-refractivity contribution in [3.63, 3.8) is 0 Å². The fraction of sp³-hybridized carbons (Fsp3) is 0.417. The summed E-state index contributed by atoms with van der Waals surface area (Å²) in [5.41, 5.74) is 0.990. The van der Waals surface area contributed by atoms with Gasteiger partial charge in [0.25, 0.3) is 0 Å². The van der Waals surface area contributed by atoms with Gasteiger partial charge in [-0.05, 0) is 30.5 Å². The lowest BCUT2D eigenvalue weighted by Crippen LogP contribution is -2.18. The first-order valence-corrected chi connectivity index (χ1v) is 7.42. The molecule has 0 heterocycles. The molecule has 0 aliphatic carbocycles. The van der Waals surface area contributed by atoms with Gasteiger partial charge in [0.2, 0.25) is 10.0 Å². The first-order valence-electron chi connectivity index (χ1n) is 5.77. The topological polar surface area (TPSA) is 83.5 Å². The maximum atomic E-state index is 11.7. The average Bonchev–Trinajstić information content (AvgIpc) is 2.27. The zero-order valence-electron chi connectivity index (χ0n) is 10.4. The van der Waals surface area contributed by atoms with Crippen molar-refractivity contribution in [1.82, 2.24) is 0 Å². The van der Waals surface area contributed by atoms with E-state index < -0.39 is 16.0 Å². The van der Waals surface area contributed by atoms with Crippen molar-refractivity contribution < 1.29 is 18.3 Å². The summed E-state index contributed by atoms with van der Waals surface area (Å²) in [5.74, 6) is -1.03. The van der Waals surface area contributed by atoms with Crippen LogP contribution in [0.4, 0.5) is 5.69 Å². The normalized spacial score (nSPS) is 11.2. The van der Waals surface area contributed by atoms with Crippen LogP contribution in [0.2, 0.25) is 0 Å². The first-order chi connectivity index (χ1) is 8.41. The summed E-state index contributed by atoms with van der Waals surface area (Å²) in [6, 6.07) is 4.59. The van der Waals surface area contributed by atoms with E-state index in [1.165, 1.54) is 12.1 Å². The summed E-state index contributed by atoms with van der Waals surface area (Å²) in [6.07, 6.45) is 0.960. The van der Waals surface area contributed by atoms with Crippen LogP contribution in [0.25, 0.3) is 0 Å². The Balaban J connectivity index is 3.18. The molecule has 1 rings (SSSR count). The van der Waals surface area contributed by atoms with Gasteiger partial charge in [0.15, 0.2) is 0 Å². The third kappa shape index (κ3) is 3.46. The monoisotopic (exact) mass is 271 g/mol. The number of carbonyl (C=O) groups is 1. The predicted molar refractivity (Wildman–Crippen MR) is 70.5 cm³/mol. The van der Waals surface area contributed by atoms with E-state index >= 15 is 0 Å². The maximum Gasteiger partial charge on any atom is 0.336 e. The maximum absolute atomic E-state index is 11.7. The van der Waals surface area contributed by atoms with E-state index in [1.54, 1.807) is 19.9 Å². The summed E-state index contributed by atoms with van der Waals surface area (Å²) in [5, 5.41) is 9.05. The largest absolute Gasteiger partial charge is 0.478 e. The highest BCUT2D eigenvalue weighted by molar-refractivity contribution is 7.92. The molecule has 0 fully saturated rings. The third-order valence-corrected chi connectivity index (χ3v) is 3.97. The molecule has 2 N–H and O–H groups in total. The molecule has 0 aromatic heterocycles. The van der Waals surface area contributed by atoms with Gasteiger partial charge in [-0.3, -0.25) is 4.72 Å². The molecule has 0 atom stereocenters. The highest BCUT2D eigenvalue weighted by Crippen LogP contribution is 2.22. The summed E-state index contributed by atoms with van der Waals surface area (Å²) < 4.78 is 25.8. The molecule has 1 aromatic carbocycles. The van der Waals surface area contributed by atoms with E-state index in [0.717, 1.165) is 0 Å². The molecular formula is C12H17NO4S. The van der Waals surface area contributed by atoms with Crippen LogP contribution in [0.3, 0.4) is 0 Å². The summed E-state index contributed by atoms with van der Waals surface area (Å²) in [6.45, 7) is 3.56. The zero-order valence-corrected chi connectivity index (χ0v) is 11.3. The Bertz CT molecular complexity index is 537. The zero-order chi connectivity index (χ0) is 13.8. The summed E-state index contributed by atoms with van der Waals surface area (Å²) >= 11 is 0. The minimum atomic E-state index is -3.40. The number of carboxylic acids is 1. The van der Waals surface area contributed by atoms with Crippen molar-refractivity contribution in [2.45, 2.75) is 26.7 Å². The van der Waals surface area contributed by atoms with E-state index in [4.69, 9.17) is 5.11 Å². The number of rotatable bonds is 6. The number of anilines is 1. The van der Waals surface area contributed by atoms with Crippen molar-refractivity contribution in [1.29, 1.82) is 0 Å². The Morgan fingerprint density at radius 1 is 1.33 bits per heavy atom. The second-order valence-electron chi connectivity index (χ2n) is 3.91. The second-order valence-corrected chi connectivity index (χ2v) is 5.75. The molecule has 100 valence electrons. The number of aromatic carboxylic acids is 1. The lowest BCUT2D eigenvalue weighted by molar-refractivity contribution is 0.0696. The Labute approximate surface area is 107 Å². The van der Waals surface area contributed by atoms with Crippen molar-refractivity contribution in [3.05, 3.63) is 29.3 Å². The van der Waals surface area contributed by atoms with Crippen molar-refractivity contribution in [2.75, 3.05) is 10.5 Å². The van der Waals surface area contributed by atoms with Gasteiger partial charge in [-0.1, -0.05) is 19.9 Å². The van der Waals surface area contributed by atoms with Gasteiger partial charge in [0.1, 0.15) is 0 Å². The number of benzene rings is 1. The highest BCUT2D eigenvalue weighted by Gasteiger charge is 2.16. The smallest absolute Gasteiger partial charge is 0.336 e. The van der Waals surface area contributed by atoms with Gasteiger partial charge in [-0.2, -0.15) is 0 Å². The molecule has 0 saturated carbocycles. The molecular weight excluding hydrogens is 254 g/mol. The molecule has 18 heavy (non-hydrogen) atoms. The molecule has 5 nitrogen and oxygen atoms in total. The fourth-order valence-corrected chi connectivity index (χ4v) is 2.92. The Morgan fingerprint density at radius 2 is 2.00 bits per heavy atom. The van der Waals surface area contributed by atoms with Crippen LogP contribution >= 0.6 is 0 Å². The van der Waals surface area contributed by atoms with Gasteiger partial charge in [0.05, 0.1) is 17.0 Å². The predicted octanol–water partition coefficient (Wildman–Crippen LogP) is 2.10. The van der Waals surface area contributed by atoms with E-state index in [-0.39, 0.29) is 11.3 Å². The number of hydrogen-bond acceptors (Lipinski definition) is 3. The lowest BCUT2D eigenvalue weighted by Gasteiger charge is -2.13. The minimum Gasteiger partial charge on any atom is -0.478 e. The van der Waals surface area contributed by atoms with Gasteiger partial charge in [0, 0.05) is 0 Å². The molecule has 0 aliphatic heterocycles. The van der Waals surface area contributed by atoms with E-state index in [2.05, 4.69) is 4.72 Å².